The molecule has 0 bridgehead atoms. The van der Waals surface area contributed by atoms with E-state index in [1.54, 1.807) is 0 Å². The van der Waals surface area contributed by atoms with Crippen molar-refractivity contribution in [3.8, 4) is 5.75 Å². The molecule has 0 radical (unpaired) electrons. The second-order valence-corrected chi connectivity index (χ2v) is 3.27. The van der Waals surface area contributed by atoms with E-state index in [-0.39, 0.29) is 6.04 Å². The number of benzene rings is 1. The number of ether oxygens (including phenoxy) is 2. The molecule has 84 valence electrons. The maximum Gasteiger partial charge on any atom is 0.119 e. The van der Waals surface area contributed by atoms with Gasteiger partial charge in [-0.3, -0.25) is 0 Å². The van der Waals surface area contributed by atoms with Crippen LogP contribution in [0.3, 0.4) is 0 Å². The van der Waals surface area contributed by atoms with Crippen molar-refractivity contribution in [1.82, 2.24) is 5.32 Å². The average Bonchev–Trinajstić information content (AvgIpc) is 2.31. The van der Waals surface area contributed by atoms with Gasteiger partial charge in [-0.2, -0.15) is 0 Å². The van der Waals surface area contributed by atoms with Crippen LogP contribution in [0.2, 0.25) is 0 Å². The Hall–Kier alpha value is -1.06. The van der Waals surface area contributed by atoms with Crippen LogP contribution in [0.1, 0.15) is 6.92 Å². The number of hydrogen-bond acceptors (Lipinski definition) is 3. The molecule has 0 aliphatic heterocycles. The third kappa shape index (κ3) is 4.81. The Morgan fingerprint density at radius 2 is 1.93 bits per heavy atom. The van der Waals surface area contributed by atoms with Gasteiger partial charge in [0.2, 0.25) is 0 Å². The fourth-order valence-corrected chi connectivity index (χ4v) is 1.19. The van der Waals surface area contributed by atoms with Crippen LogP contribution in [0, 0.1) is 0 Å². The van der Waals surface area contributed by atoms with Gasteiger partial charge < -0.3 is 14.8 Å². The molecular formula is C12H19NO2. The zero-order valence-electron chi connectivity index (χ0n) is 9.40. The maximum absolute atomic E-state index is 5.61. The summed E-state index contributed by atoms with van der Waals surface area (Å²) in [7, 11) is 1.91. The molecule has 0 aromatic heterocycles. The first-order valence-corrected chi connectivity index (χ1v) is 5.29. The summed E-state index contributed by atoms with van der Waals surface area (Å²) in [6.07, 6.45) is 0. The van der Waals surface area contributed by atoms with E-state index in [0.29, 0.717) is 13.2 Å². The number of likely N-dealkylation sites (N-methyl/N-ethyl adjacent to an activating group) is 1. The van der Waals surface area contributed by atoms with Crippen LogP contribution < -0.4 is 10.1 Å². The molecule has 1 atom stereocenters. The van der Waals surface area contributed by atoms with Crippen molar-refractivity contribution in [3.05, 3.63) is 30.3 Å². The summed E-state index contributed by atoms with van der Waals surface area (Å²) >= 11 is 0. The van der Waals surface area contributed by atoms with E-state index in [2.05, 4.69) is 5.32 Å². The molecule has 0 fully saturated rings. The van der Waals surface area contributed by atoms with E-state index in [0.717, 1.165) is 12.4 Å². The average molecular weight is 209 g/mol. The largest absolute Gasteiger partial charge is 0.492 e. The van der Waals surface area contributed by atoms with Gasteiger partial charge in [0.1, 0.15) is 12.4 Å². The first-order chi connectivity index (χ1) is 7.36. The Balaban J connectivity index is 2.28. The molecule has 1 aromatic carbocycles. The molecular weight excluding hydrogens is 190 g/mol. The van der Waals surface area contributed by atoms with E-state index >= 15 is 0 Å². The summed E-state index contributed by atoms with van der Waals surface area (Å²) in [5.41, 5.74) is 0. The normalized spacial score (nSPS) is 12.4. The van der Waals surface area contributed by atoms with Crippen molar-refractivity contribution in [2.75, 3.05) is 26.9 Å². The molecule has 0 saturated heterocycles. The van der Waals surface area contributed by atoms with Crippen LogP contribution in [-0.2, 0) is 4.74 Å². The minimum Gasteiger partial charge on any atom is -0.492 e. The number of hydrogen-bond donors (Lipinski definition) is 1. The van der Waals surface area contributed by atoms with Gasteiger partial charge in [0.25, 0.3) is 0 Å². The standard InChI is InChI=1S/C12H19NO2/c1-3-14-9-11(13-2)10-15-12-7-5-4-6-8-12/h4-8,11,13H,3,9-10H2,1-2H3. The summed E-state index contributed by atoms with van der Waals surface area (Å²) in [5, 5.41) is 3.16. The quantitative estimate of drug-likeness (QED) is 0.741. The van der Waals surface area contributed by atoms with Crippen molar-refractivity contribution >= 4 is 0 Å². The SMILES string of the molecule is CCOCC(COc1ccccc1)NC. The third-order valence-electron chi connectivity index (χ3n) is 2.13. The Morgan fingerprint density at radius 3 is 2.53 bits per heavy atom. The summed E-state index contributed by atoms with van der Waals surface area (Å²) in [5.74, 6) is 0.897. The van der Waals surface area contributed by atoms with Gasteiger partial charge in [0.05, 0.1) is 12.6 Å². The van der Waals surface area contributed by atoms with Crippen molar-refractivity contribution in [3.63, 3.8) is 0 Å². The molecule has 0 aliphatic carbocycles. The zero-order valence-corrected chi connectivity index (χ0v) is 9.40. The second-order valence-electron chi connectivity index (χ2n) is 3.27. The van der Waals surface area contributed by atoms with E-state index in [4.69, 9.17) is 9.47 Å². The van der Waals surface area contributed by atoms with Gasteiger partial charge in [-0.05, 0) is 26.1 Å². The highest BCUT2D eigenvalue weighted by Gasteiger charge is 2.06. The Labute approximate surface area is 91.4 Å². The highest BCUT2D eigenvalue weighted by Crippen LogP contribution is 2.08. The van der Waals surface area contributed by atoms with Crippen molar-refractivity contribution in [1.29, 1.82) is 0 Å². The smallest absolute Gasteiger partial charge is 0.119 e. The molecule has 1 aromatic rings. The van der Waals surface area contributed by atoms with Crippen LogP contribution in [-0.4, -0.2) is 32.9 Å². The van der Waals surface area contributed by atoms with Crippen molar-refractivity contribution < 1.29 is 9.47 Å². The lowest BCUT2D eigenvalue weighted by atomic mass is 10.3. The van der Waals surface area contributed by atoms with Crippen LogP contribution in [0.4, 0.5) is 0 Å². The molecule has 0 amide bonds. The lowest BCUT2D eigenvalue weighted by Gasteiger charge is -2.16. The first-order valence-electron chi connectivity index (χ1n) is 5.29. The summed E-state index contributed by atoms with van der Waals surface area (Å²) < 4.78 is 10.9. The zero-order chi connectivity index (χ0) is 10.9. The number of para-hydroxylation sites is 1. The minimum atomic E-state index is 0.241. The Bertz CT molecular complexity index is 251. The van der Waals surface area contributed by atoms with E-state index in [1.165, 1.54) is 0 Å². The maximum atomic E-state index is 5.61. The van der Waals surface area contributed by atoms with E-state index in [1.807, 2.05) is 44.3 Å². The van der Waals surface area contributed by atoms with Crippen molar-refractivity contribution in [2.24, 2.45) is 0 Å². The topological polar surface area (TPSA) is 30.5 Å². The lowest BCUT2D eigenvalue weighted by Crippen LogP contribution is -2.36. The van der Waals surface area contributed by atoms with Crippen LogP contribution >= 0.6 is 0 Å². The Morgan fingerprint density at radius 1 is 1.20 bits per heavy atom. The molecule has 3 nitrogen and oxygen atoms in total. The number of rotatable bonds is 7. The first kappa shape index (κ1) is 12.0. The van der Waals surface area contributed by atoms with Crippen LogP contribution in [0.25, 0.3) is 0 Å². The van der Waals surface area contributed by atoms with Crippen molar-refractivity contribution in [2.45, 2.75) is 13.0 Å². The molecule has 0 heterocycles. The molecule has 0 spiro atoms. The predicted molar refractivity (Wildman–Crippen MR) is 61.3 cm³/mol. The third-order valence-corrected chi connectivity index (χ3v) is 2.13. The van der Waals surface area contributed by atoms with Gasteiger partial charge >= 0.3 is 0 Å². The van der Waals surface area contributed by atoms with E-state index in [9.17, 15) is 0 Å². The molecule has 1 N–H and O–H groups in total. The van der Waals surface area contributed by atoms with Gasteiger partial charge in [-0.1, -0.05) is 18.2 Å². The summed E-state index contributed by atoms with van der Waals surface area (Å²) in [6, 6.07) is 10.0. The fraction of sp³-hybridized carbons (Fsp3) is 0.500. The molecule has 0 saturated carbocycles. The molecule has 1 unspecified atom stereocenters. The van der Waals surface area contributed by atoms with E-state index < -0.39 is 0 Å². The predicted octanol–water partition coefficient (Wildman–Crippen LogP) is 1.69. The lowest BCUT2D eigenvalue weighted by molar-refractivity contribution is 0.105. The number of nitrogens with one attached hydrogen (secondary N) is 1. The fourth-order valence-electron chi connectivity index (χ4n) is 1.19. The molecule has 1 rings (SSSR count). The van der Waals surface area contributed by atoms with Crippen LogP contribution in [0.15, 0.2) is 30.3 Å². The highest BCUT2D eigenvalue weighted by molar-refractivity contribution is 5.20. The minimum absolute atomic E-state index is 0.241. The van der Waals surface area contributed by atoms with Gasteiger partial charge in [0, 0.05) is 6.61 Å². The monoisotopic (exact) mass is 209 g/mol. The summed E-state index contributed by atoms with van der Waals surface area (Å²) in [6.45, 7) is 4.04. The van der Waals surface area contributed by atoms with Gasteiger partial charge in [-0.25, -0.2) is 0 Å². The van der Waals surface area contributed by atoms with Gasteiger partial charge in [0.15, 0.2) is 0 Å². The van der Waals surface area contributed by atoms with Crippen LogP contribution in [0.5, 0.6) is 5.75 Å². The van der Waals surface area contributed by atoms with Gasteiger partial charge in [-0.15, -0.1) is 0 Å². The Kier molecular flexibility index (Phi) is 5.81. The summed E-state index contributed by atoms with van der Waals surface area (Å²) in [4.78, 5) is 0. The second kappa shape index (κ2) is 7.26. The highest BCUT2D eigenvalue weighted by atomic mass is 16.5. The molecule has 15 heavy (non-hydrogen) atoms. The molecule has 3 heteroatoms. The molecule has 0 aliphatic rings.